The van der Waals surface area contributed by atoms with Crippen LogP contribution in [0.25, 0.3) is 5.57 Å². The number of carbonyl (C=O) groups is 1. The lowest BCUT2D eigenvalue weighted by molar-refractivity contribution is -0.114. The van der Waals surface area contributed by atoms with Gasteiger partial charge in [0, 0.05) is 23.3 Å². The third kappa shape index (κ3) is 2.23. The molecular weight excluding hydrogens is 206 g/mol. The van der Waals surface area contributed by atoms with E-state index in [0.29, 0.717) is 0 Å². The minimum Gasteiger partial charge on any atom is -0.326 e. The van der Waals surface area contributed by atoms with Gasteiger partial charge in [0.25, 0.3) is 0 Å². The number of anilines is 1. The highest BCUT2D eigenvalue weighted by molar-refractivity contribution is 7.99. The summed E-state index contributed by atoms with van der Waals surface area (Å²) in [4.78, 5) is 12.2. The quantitative estimate of drug-likeness (QED) is 0.786. The summed E-state index contributed by atoms with van der Waals surface area (Å²) in [5.41, 5.74) is 3.39. The Labute approximate surface area is 93.8 Å². The van der Waals surface area contributed by atoms with Gasteiger partial charge >= 0.3 is 0 Å². The molecule has 1 amide bonds. The fourth-order valence-corrected chi connectivity index (χ4v) is 2.66. The van der Waals surface area contributed by atoms with Crippen molar-refractivity contribution in [1.82, 2.24) is 0 Å². The Morgan fingerprint density at radius 3 is 3.00 bits per heavy atom. The molecule has 1 aliphatic heterocycles. The normalized spacial score (nSPS) is 14.1. The standard InChI is InChI=1S/C12H13NOS/c1-8-5-6-15-12-4-3-10(7-11(8)12)13-9(2)14/h3-5,7H,6H2,1-2H3,(H,13,14). The van der Waals surface area contributed by atoms with E-state index in [-0.39, 0.29) is 5.91 Å². The molecule has 1 aromatic rings. The van der Waals surface area contributed by atoms with Crippen molar-refractivity contribution < 1.29 is 4.79 Å². The van der Waals surface area contributed by atoms with Crippen LogP contribution in [0.2, 0.25) is 0 Å². The van der Waals surface area contributed by atoms with E-state index >= 15 is 0 Å². The highest BCUT2D eigenvalue weighted by Crippen LogP contribution is 2.34. The van der Waals surface area contributed by atoms with E-state index < -0.39 is 0 Å². The van der Waals surface area contributed by atoms with E-state index in [0.717, 1.165) is 11.4 Å². The van der Waals surface area contributed by atoms with E-state index in [2.05, 4.69) is 24.4 Å². The van der Waals surface area contributed by atoms with Crippen molar-refractivity contribution in [2.45, 2.75) is 18.7 Å². The summed E-state index contributed by atoms with van der Waals surface area (Å²) in [6.45, 7) is 3.63. The number of hydrogen-bond acceptors (Lipinski definition) is 2. The maximum Gasteiger partial charge on any atom is 0.221 e. The highest BCUT2D eigenvalue weighted by atomic mass is 32.2. The van der Waals surface area contributed by atoms with Gasteiger partial charge in [-0.3, -0.25) is 4.79 Å². The molecule has 1 aliphatic rings. The molecule has 0 unspecified atom stereocenters. The topological polar surface area (TPSA) is 29.1 Å². The van der Waals surface area contributed by atoms with Crippen LogP contribution in [0.5, 0.6) is 0 Å². The highest BCUT2D eigenvalue weighted by Gasteiger charge is 2.10. The maximum absolute atomic E-state index is 10.9. The number of rotatable bonds is 1. The van der Waals surface area contributed by atoms with Crippen LogP contribution in [0.15, 0.2) is 29.2 Å². The molecule has 0 saturated carbocycles. The van der Waals surface area contributed by atoms with Gasteiger partial charge in [-0.1, -0.05) is 6.08 Å². The number of fused-ring (bicyclic) bond motifs is 1. The van der Waals surface area contributed by atoms with Gasteiger partial charge in [-0.2, -0.15) is 0 Å². The fraction of sp³-hybridized carbons (Fsp3) is 0.250. The molecule has 3 heteroatoms. The summed E-state index contributed by atoms with van der Waals surface area (Å²) in [5, 5.41) is 2.80. The molecule has 2 nitrogen and oxygen atoms in total. The Kier molecular flexibility index (Phi) is 2.82. The summed E-state index contributed by atoms with van der Waals surface area (Å²) in [7, 11) is 0. The van der Waals surface area contributed by atoms with Crippen molar-refractivity contribution in [2.75, 3.05) is 11.1 Å². The van der Waals surface area contributed by atoms with Crippen LogP contribution < -0.4 is 5.32 Å². The number of benzene rings is 1. The smallest absolute Gasteiger partial charge is 0.221 e. The molecule has 0 bridgehead atoms. The van der Waals surface area contributed by atoms with Crippen molar-refractivity contribution in [1.29, 1.82) is 0 Å². The van der Waals surface area contributed by atoms with Crippen LogP contribution in [-0.4, -0.2) is 11.7 Å². The van der Waals surface area contributed by atoms with Crippen molar-refractivity contribution in [3.8, 4) is 0 Å². The second-order valence-corrected chi connectivity index (χ2v) is 4.65. The number of carbonyl (C=O) groups excluding carboxylic acids is 1. The van der Waals surface area contributed by atoms with Gasteiger partial charge in [-0.25, -0.2) is 0 Å². The molecule has 1 heterocycles. The zero-order chi connectivity index (χ0) is 10.8. The zero-order valence-electron chi connectivity index (χ0n) is 8.83. The van der Waals surface area contributed by atoms with Gasteiger partial charge in [0.1, 0.15) is 0 Å². The Morgan fingerprint density at radius 1 is 1.47 bits per heavy atom. The van der Waals surface area contributed by atoms with Crippen LogP contribution in [0.1, 0.15) is 19.4 Å². The number of allylic oxidation sites excluding steroid dienone is 1. The first-order valence-corrected chi connectivity index (χ1v) is 5.87. The zero-order valence-corrected chi connectivity index (χ0v) is 9.65. The molecule has 0 radical (unpaired) electrons. The van der Waals surface area contributed by atoms with Crippen LogP contribution in [-0.2, 0) is 4.79 Å². The molecule has 1 N–H and O–H groups in total. The molecule has 0 fully saturated rings. The summed E-state index contributed by atoms with van der Waals surface area (Å²) in [6, 6.07) is 6.06. The Bertz CT molecular complexity index is 437. The number of hydrogen-bond donors (Lipinski definition) is 1. The van der Waals surface area contributed by atoms with Gasteiger partial charge in [0.2, 0.25) is 5.91 Å². The monoisotopic (exact) mass is 219 g/mol. The average molecular weight is 219 g/mol. The predicted molar refractivity (Wildman–Crippen MR) is 65.1 cm³/mol. The molecule has 0 atom stereocenters. The fourth-order valence-electron chi connectivity index (χ4n) is 1.61. The van der Waals surface area contributed by atoms with Crippen LogP contribution in [0.3, 0.4) is 0 Å². The van der Waals surface area contributed by atoms with Crippen molar-refractivity contribution >= 4 is 28.9 Å². The summed E-state index contributed by atoms with van der Waals surface area (Å²) < 4.78 is 0. The molecule has 0 spiro atoms. The molecule has 0 aliphatic carbocycles. The summed E-state index contributed by atoms with van der Waals surface area (Å²) in [6.07, 6.45) is 2.21. The molecule has 78 valence electrons. The lowest BCUT2D eigenvalue weighted by Gasteiger charge is -2.15. The van der Waals surface area contributed by atoms with E-state index in [1.165, 1.54) is 23.0 Å². The molecule has 1 aromatic carbocycles. The molecule has 0 saturated heterocycles. The Balaban J connectivity index is 2.37. The maximum atomic E-state index is 10.9. The van der Waals surface area contributed by atoms with Gasteiger partial charge in [0.05, 0.1) is 0 Å². The van der Waals surface area contributed by atoms with Crippen molar-refractivity contribution in [2.24, 2.45) is 0 Å². The van der Waals surface area contributed by atoms with Crippen LogP contribution >= 0.6 is 11.8 Å². The van der Waals surface area contributed by atoms with E-state index in [1.54, 1.807) is 0 Å². The first-order valence-electron chi connectivity index (χ1n) is 4.88. The number of nitrogens with one attached hydrogen (secondary N) is 1. The largest absolute Gasteiger partial charge is 0.326 e. The number of thioether (sulfide) groups is 1. The lowest BCUT2D eigenvalue weighted by atomic mass is 10.1. The minimum absolute atomic E-state index is 0.0277. The van der Waals surface area contributed by atoms with Crippen LogP contribution in [0.4, 0.5) is 5.69 Å². The van der Waals surface area contributed by atoms with Gasteiger partial charge in [-0.15, -0.1) is 11.8 Å². The third-order valence-electron chi connectivity index (χ3n) is 2.35. The van der Waals surface area contributed by atoms with Gasteiger partial charge < -0.3 is 5.32 Å². The molecule has 0 aromatic heterocycles. The van der Waals surface area contributed by atoms with Crippen LogP contribution in [0, 0.1) is 0 Å². The first kappa shape index (κ1) is 10.3. The van der Waals surface area contributed by atoms with E-state index in [1.807, 2.05) is 23.9 Å². The minimum atomic E-state index is -0.0277. The van der Waals surface area contributed by atoms with E-state index in [4.69, 9.17) is 0 Å². The summed E-state index contributed by atoms with van der Waals surface area (Å²) >= 11 is 1.83. The van der Waals surface area contributed by atoms with Gasteiger partial charge in [-0.05, 0) is 36.3 Å². The second-order valence-electron chi connectivity index (χ2n) is 3.59. The average Bonchev–Trinajstić information content (AvgIpc) is 2.18. The lowest BCUT2D eigenvalue weighted by Crippen LogP contribution is -2.06. The number of amides is 1. The summed E-state index contributed by atoms with van der Waals surface area (Å²) in [5.74, 6) is 1.01. The Morgan fingerprint density at radius 2 is 2.27 bits per heavy atom. The SMILES string of the molecule is CC(=O)Nc1ccc2c(c1)C(C)=CCS2. The molecular formula is C12H13NOS. The van der Waals surface area contributed by atoms with Crippen molar-refractivity contribution in [3.63, 3.8) is 0 Å². The molecule has 15 heavy (non-hydrogen) atoms. The van der Waals surface area contributed by atoms with Crippen molar-refractivity contribution in [3.05, 3.63) is 29.8 Å². The second kappa shape index (κ2) is 4.11. The predicted octanol–water partition coefficient (Wildman–Crippen LogP) is 3.15. The first-order chi connectivity index (χ1) is 7.16. The molecule has 2 rings (SSSR count). The van der Waals surface area contributed by atoms with E-state index in [9.17, 15) is 4.79 Å². The third-order valence-corrected chi connectivity index (χ3v) is 3.35. The van der Waals surface area contributed by atoms with Gasteiger partial charge in [0.15, 0.2) is 0 Å². The Hall–Kier alpha value is -1.22.